The third kappa shape index (κ3) is 4.59. The third-order valence-corrected chi connectivity index (χ3v) is 3.81. The van der Waals surface area contributed by atoms with E-state index in [-0.39, 0.29) is 11.5 Å². The standard InChI is InChI=1S/C19H20ClNO3/c1-3-4-11-24-19(23)16-10-9-14(20)12-17(16)21-18(22)15-8-6-5-7-13(15)2/h5-10,12H,3-4,11H2,1-2H3,(H,21,22). The van der Waals surface area contributed by atoms with Crippen molar-refractivity contribution in [3.05, 3.63) is 64.2 Å². The van der Waals surface area contributed by atoms with Crippen LogP contribution < -0.4 is 5.32 Å². The Bertz CT molecular complexity index is 743. The molecule has 0 saturated heterocycles. The zero-order valence-electron chi connectivity index (χ0n) is 13.8. The van der Waals surface area contributed by atoms with E-state index in [0.717, 1.165) is 18.4 Å². The van der Waals surface area contributed by atoms with Gasteiger partial charge in [-0.3, -0.25) is 4.79 Å². The fourth-order valence-corrected chi connectivity index (χ4v) is 2.37. The molecule has 0 aliphatic rings. The number of benzene rings is 2. The zero-order valence-corrected chi connectivity index (χ0v) is 14.5. The van der Waals surface area contributed by atoms with Gasteiger partial charge in [-0.2, -0.15) is 0 Å². The number of halogens is 1. The first-order valence-electron chi connectivity index (χ1n) is 7.86. The number of anilines is 1. The molecule has 0 radical (unpaired) electrons. The first kappa shape index (κ1) is 18.0. The molecule has 0 unspecified atom stereocenters. The van der Waals surface area contributed by atoms with E-state index in [1.165, 1.54) is 0 Å². The van der Waals surface area contributed by atoms with E-state index in [1.807, 2.05) is 26.0 Å². The molecule has 0 aromatic heterocycles. The molecule has 0 atom stereocenters. The van der Waals surface area contributed by atoms with Gasteiger partial charge in [0.2, 0.25) is 0 Å². The maximum atomic E-state index is 12.5. The topological polar surface area (TPSA) is 55.4 Å². The second kappa shape index (κ2) is 8.50. The molecule has 1 N–H and O–H groups in total. The van der Waals surface area contributed by atoms with Crippen LogP contribution in [0, 0.1) is 6.92 Å². The van der Waals surface area contributed by atoms with Crippen LogP contribution in [0.15, 0.2) is 42.5 Å². The molecule has 4 nitrogen and oxygen atoms in total. The molecule has 0 heterocycles. The van der Waals surface area contributed by atoms with E-state index >= 15 is 0 Å². The molecular formula is C19H20ClNO3. The van der Waals surface area contributed by atoms with Crippen molar-refractivity contribution in [2.75, 3.05) is 11.9 Å². The second-order valence-electron chi connectivity index (χ2n) is 5.45. The van der Waals surface area contributed by atoms with E-state index in [9.17, 15) is 9.59 Å². The van der Waals surface area contributed by atoms with Crippen LogP contribution in [0.1, 0.15) is 46.0 Å². The Hall–Kier alpha value is -2.33. The highest BCUT2D eigenvalue weighted by Gasteiger charge is 2.17. The van der Waals surface area contributed by atoms with Gasteiger partial charge in [0, 0.05) is 10.6 Å². The monoisotopic (exact) mass is 345 g/mol. The summed E-state index contributed by atoms with van der Waals surface area (Å²) in [7, 11) is 0. The average Bonchev–Trinajstić information content (AvgIpc) is 2.55. The van der Waals surface area contributed by atoms with E-state index in [0.29, 0.717) is 22.9 Å². The SMILES string of the molecule is CCCCOC(=O)c1ccc(Cl)cc1NC(=O)c1ccccc1C. The summed E-state index contributed by atoms with van der Waals surface area (Å²) in [6, 6.07) is 11.9. The number of esters is 1. The number of ether oxygens (including phenoxy) is 1. The quantitative estimate of drug-likeness (QED) is 0.601. The van der Waals surface area contributed by atoms with E-state index in [4.69, 9.17) is 16.3 Å². The Morgan fingerprint density at radius 1 is 1.12 bits per heavy atom. The molecule has 0 saturated carbocycles. The maximum Gasteiger partial charge on any atom is 0.340 e. The largest absolute Gasteiger partial charge is 0.462 e. The van der Waals surface area contributed by atoms with Gasteiger partial charge >= 0.3 is 5.97 Å². The Labute approximate surface area is 146 Å². The average molecular weight is 346 g/mol. The van der Waals surface area contributed by atoms with Gasteiger partial charge in [0.25, 0.3) is 5.91 Å². The van der Waals surface area contributed by atoms with Gasteiger partial charge in [-0.15, -0.1) is 0 Å². The molecule has 0 spiro atoms. The molecule has 2 aromatic rings. The van der Waals surface area contributed by atoms with Crippen molar-refractivity contribution in [2.45, 2.75) is 26.7 Å². The van der Waals surface area contributed by atoms with Gasteiger partial charge in [0.1, 0.15) is 0 Å². The highest BCUT2D eigenvalue weighted by Crippen LogP contribution is 2.23. The lowest BCUT2D eigenvalue weighted by Crippen LogP contribution is -2.17. The number of hydrogen-bond donors (Lipinski definition) is 1. The normalized spacial score (nSPS) is 10.3. The molecule has 5 heteroatoms. The molecule has 1 amide bonds. The van der Waals surface area contributed by atoms with E-state index < -0.39 is 5.97 Å². The summed E-state index contributed by atoms with van der Waals surface area (Å²) < 4.78 is 5.23. The van der Waals surface area contributed by atoms with Crippen molar-refractivity contribution in [2.24, 2.45) is 0 Å². The summed E-state index contributed by atoms with van der Waals surface area (Å²) in [6.07, 6.45) is 1.73. The highest BCUT2D eigenvalue weighted by atomic mass is 35.5. The maximum absolute atomic E-state index is 12.5. The molecule has 24 heavy (non-hydrogen) atoms. The van der Waals surface area contributed by atoms with Crippen molar-refractivity contribution in [1.29, 1.82) is 0 Å². The van der Waals surface area contributed by atoms with Crippen LogP contribution >= 0.6 is 11.6 Å². The lowest BCUT2D eigenvalue weighted by molar-refractivity contribution is 0.0501. The van der Waals surface area contributed by atoms with Crippen LogP contribution in [0.25, 0.3) is 0 Å². The van der Waals surface area contributed by atoms with Crippen molar-refractivity contribution in [3.63, 3.8) is 0 Å². The summed E-state index contributed by atoms with van der Waals surface area (Å²) in [5.74, 6) is -0.766. The molecule has 126 valence electrons. The van der Waals surface area contributed by atoms with Crippen LogP contribution in [0.2, 0.25) is 5.02 Å². The van der Waals surface area contributed by atoms with Crippen molar-refractivity contribution < 1.29 is 14.3 Å². The Morgan fingerprint density at radius 3 is 2.58 bits per heavy atom. The van der Waals surface area contributed by atoms with E-state index in [2.05, 4.69) is 5.32 Å². The number of carbonyl (C=O) groups excluding carboxylic acids is 2. The first-order valence-corrected chi connectivity index (χ1v) is 8.24. The minimum absolute atomic E-state index is 0.289. The molecule has 0 fully saturated rings. The molecule has 2 aromatic carbocycles. The number of amides is 1. The van der Waals surface area contributed by atoms with Gasteiger partial charge in [-0.1, -0.05) is 43.1 Å². The van der Waals surface area contributed by atoms with Crippen molar-refractivity contribution in [1.82, 2.24) is 0 Å². The van der Waals surface area contributed by atoms with Crippen molar-refractivity contribution >= 4 is 29.2 Å². The molecular weight excluding hydrogens is 326 g/mol. The number of unbranched alkanes of at least 4 members (excludes halogenated alkanes) is 1. The van der Waals surface area contributed by atoms with Crippen LogP contribution in [0.4, 0.5) is 5.69 Å². The molecule has 0 bridgehead atoms. The van der Waals surface area contributed by atoms with Crippen LogP contribution in [0.5, 0.6) is 0 Å². The molecule has 0 aliphatic carbocycles. The highest BCUT2D eigenvalue weighted by molar-refractivity contribution is 6.31. The predicted octanol–water partition coefficient (Wildman–Crippen LogP) is 4.86. The summed E-state index contributed by atoms with van der Waals surface area (Å²) in [5, 5.41) is 3.19. The third-order valence-electron chi connectivity index (χ3n) is 3.57. The molecule has 2 rings (SSSR count). The van der Waals surface area contributed by atoms with Gasteiger partial charge < -0.3 is 10.1 Å². The summed E-state index contributed by atoms with van der Waals surface area (Å²) >= 11 is 6.01. The van der Waals surface area contributed by atoms with Gasteiger partial charge in [-0.05, 0) is 43.2 Å². The Balaban J connectivity index is 2.23. The van der Waals surface area contributed by atoms with Crippen molar-refractivity contribution in [3.8, 4) is 0 Å². The van der Waals surface area contributed by atoms with Gasteiger partial charge in [0.05, 0.1) is 17.9 Å². The first-order chi connectivity index (χ1) is 11.5. The second-order valence-corrected chi connectivity index (χ2v) is 5.88. The number of hydrogen-bond acceptors (Lipinski definition) is 3. The summed E-state index contributed by atoms with van der Waals surface area (Å²) in [4.78, 5) is 24.7. The van der Waals surface area contributed by atoms with Gasteiger partial charge in [-0.25, -0.2) is 4.79 Å². The smallest absolute Gasteiger partial charge is 0.340 e. The lowest BCUT2D eigenvalue weighted by Gasteiger charge is -2.12. The van der Waals surface area contributed by atoms with Crippen LogP contribution in [-0.2, 0) is 4.74 Å². The van der Waals surface area contributed by atoms with E-state index in [1.54, 1.807) is 30.3 Å². The van der Waals surface area contributed by atoms with Crippen LogP contribution in [0.3, 0.4) is 0 Å². The number of aryl methyl sites for hydroxylation is 1. The predicted molar refractivity (Wildman–Crippen MR) is 95.8 cm³/mol. The Morgan fingerprint density at radius 2 is 1.88 bits per heavy atom. The minimum atomic E-state index is -0.472. The minimum Gasteiger partial charge on any atom is -0.462 e. The number of rotatable bonds is 6. The summed E-state index contributed by atoms with van der Waals surface area (Å²) in [6.45, 7) is 4.22. The van der Waals surface area contributed by atoms with Gasteiger partial charge in [0.15, 0.2) is 0 Å². The zero-order chi connectivity index (χ0) is 17.5. The number of carbonyl (C=O) groups is 2. The van der Waals surface area contributed by atoms with Crippen LogP contribution in [-0.4, -0.2) is 18.5 Å². The Kier molecular flexibility index (Phi) is 6.38. The number of nitrogens with one attached hydrogen (secondary N) is 1. The fraction of sp³-hybridized carbons (Fsp3) is 0.263. The summed E-state index contributed by atoms with van der Waals surface area (Å²) in [5.41, 5.74) is 2.03. The molecule has 0 aliphatic heterocycles. The fourth-order valence-electron chi connectivity index (χ4n) is 2.20. The lowest BCUT2D eigenvalue weighted by atomic mass is 10.1.